The van der Waals surface area contributed by atoms with E-state index in [9.17, 15) is 4.79 Å². The van der Waals surface area contributed by atoms with Crippen LogP contribution in [0.1, 0.15) is 28.5 Å². The lowest BCUT2D eigenvalue weighted by molar-refractivity contribution is 0.0992. The molecule has 0 aliphatic rings. The number of aryl methyl sites for hydroxylation is 1. The molecule has 0 atom stereocenters. The van der Waals surface area contributed by atoms with Gasteiger partial charge in [0, 0.05) is 17.5 Å². The van der Waals surface area contributed by atoms with Gasteiger partial charge < -0.3 is 5.73 Å². The summed E-state index contributed by atoms with van der Waals surface area (Å²) in [5.74, 6) is -0.0921. The normalized spacial score (nSPS) is 10.6. The highest BCUT2D eigenvalue weighted by molar-refractivity contribution is 6.39. The van der Waals surface area contributed by atoms with Crippen LogP contribution in [0.4, 0.5) is 5.69 Å². The molecule has 0 aliphatic heterocycles. The minimum absolute atomic E-state index is 0.0921. The maximum atomic E-state index is 12.2. The van der Waals surface area contributed by atoms with Crippen molar-refractivity contribution in [2.45, 2.75) is 19.8 Å². The molecule has 0 aliphatic carbocycles. The highest BCUT2D eigenvalue weighted by Crippen LogP contribution is 2.29. The van der Waals surface area contributed by atoms with E-state index in [0.717, 1.165) is 17.7 Å². The lowest BCUT2D eigenvalue weighted by Gasteiger charge is -2.06. The zero-order chi connectivity index (χ0) is 14.7. The molecule has 2 N–H and O–H groups in total. The number of hydrogen-bond donors (Lipinski definition) is 1. The molecule has 0 unspecified atom stereocenters. The van der Waals surface area contributed by atoms with Crippen molar-refractivity contribution >= 4 is 34.7 Å². The van der Waals surface area contributed by atoms with Crippen LogP contribution in [0.15, 0.2) is 30.5 Å². The second kappa shape index (κ2) is 6.25. The highest BCUT2D eigenvalue weighted by atomic mass is 35.5. The summed E-state index contributed by atoms with van der Waals surface area (Å²) in [4.78, 5) is 16.5. The van der Waals surface area contributed by atoms with E-state index in [2.05, 4.69) is 11.9 Å². The molecule has 104 valence electrons. The summed E-state index contributed by atoms with van der Waals surface area (Å²) in [6, 6.07) is 6.90. The first-order valence-corrected chi connectivity index (χ1v) is 6.98. The van der Waals surface area contributed by atoms with Crippen LogP contribution in [0.2, 0.25) is 10.0 Å². The quantitative estimate of drug-likeness (QED) is 0.687. The number of aromatic nitrogens is 1. The minimum atomic E-state index is -0.0921. The Labute approximate surface area is 127 Å². The van der Waals surface area contributed by atoms with Crippen LogP contribution in [-0.4, -0.2) is 10.8 Å². The van der Waals surface area contributed by atoms with Crippen LogP contribution < -0.4 is 5.73 Å². The topological polar surface area (TPSA) is 56.0 Å². The first-order valence-electron chi connectivity index (χ1n) is 6.22. The van der Waals surface area contributed by atoms with Crippen LogP contribution in [0.5, 0.6) is 0 Å². The van der Waals surface area contributed by atoms with Gasteiger partial charge in [-0.15, -0.1) is 0 Å². The number of halogens is 2. The molecule has 3 nitrogen and oxygen atoms in total. The third-order valence-electron chi connectivity index (χ3n) is 3.04. The number of carbonyl (C=O) groups excluding carboxylic acids is 1. The molecule has 5 heteroatoms. The Morgan fingerprint density at radius 1 is 1.25 bits per heavy atom. The summed E-state index contributed by atoms with van der Waals surface area (Å²) in [6.07, 6.45) is 2.91. The number of rotatable bonds is 4. The van der Waals surface area contributed by atoms with Crippen molar-refractivity contribution in [1.29, 1.82) is 0 Å². The molecule has 0 radical (unpaired) electrons. The maximum Gasteiger partial charge on any atom is 0.168 e. The first kappa shape index (κ1) is 14.8. The molecule has 20 heavy (non-hydrogen) atoms. The lowest BCUT2D eigenvalue weighted by Crippen LogP contribution is -2.06. The second-order valence-corrected chi connectivity index (χ2v) is 5.28. The number of nitrogens with zero attached hydrogens (tertiary/aromatic N) is 1. The Morgan fingerprint density at radius 2 is 1.90 bits per heavy atom. The Balaban J connectivity index is 2.19. The summed E-state index contributed by atoms with van der Waals surface area (Å²) in [7, 11) is 0. The molecule has 0 amide bonds. The van der Waals surface area contributed by atoms with Gasteiger partial charge in [-0.25, -0.2) is 0 Å². The fourth-order valence-electron chi connectivity index (χ4n) is 1.78. The maximum absolute atomic E-state index is 12.2. The van der Waals surface area contributed by atoms with Crippen molar-refractivity contribution in [3.05, 3.63) is 57.3 Å². The van der Waals surface area contributed by atoms with Crippen LogP contribution in [0.3, 0.4) is 0 Å². The van der Waals surface area contributed by atoms with Crippen molar-refractivity contribution in [1.82, 2.24) is 4.98 Å². The molecular formula is C15H14Cl2N2O. The predicted octanol–water partition coefficient (Wildman–Crippen LogP) is 3.96. The third kappa shape index (κ3) is 3.30. The van der Waals surface area contributed by atoms with E-state index in [4.69, 9.17) is 28.9 Å². The zero-order valence-electron chi connectivity index (χ0n) is 11.0. The molecule has 2 rings (SSSR count). The number of carbonyl (C=O) groups is 1. The average Bonchev–Trinajstić information content (AvgIpc) is 2.45. The summed E-state index contributed by atoms with van der Waals surface area (Å²) in [5.41, 5.74) is 8.23. The SMILES string of the molecule is CCc1ccc(CC(=O)c2cc(Cl)c(N)c(Cl)c2)nc1. The number of anilines is 1. The number of pyridine rings is 1. The van der Waals surface area contributed by atoms with Gasteiger partial charge in [0.25, 0.3) is 0 Å². The number of nitrogens with two attached hydrogens (primary N) is 1. The first-order chi connectivity index (χ1) is 9.51. The molecule has 2 aromatic rings. The molecule has 1 aromatic heterocycles. The van der Waals surface area contributed by atoms with Gasteiger partial charge in [-0.3, -0.25) is 9.78 Å². The number of Topliss-reactive ketones (excluding diaryl/α,β-unsaturated/α-hetero) is 1. The van der Waals surface area contributed by atoms with Crippen LogP contribution in [-0.2, 0) is 12.8 Å². The minimum Gasteiger partial charge on any atom is -0.396 e. The Hall–Kier alpha value is -1.58. The van der Waals surface area contributed by atoms with Crippen molar-refractivity contribution in [2.24, 2.45) is 0 Å². The Morgan fingerprint density at radius 3 is 2.40 bits per heavy atom. The molecule has 0 fully saturated rings. The monoisotopic (exact) mass is 308 g/mol. The summed E-state index contributed by atoms with van der Waals surface area (Å²) < 4.78 is 0. The van der Waals surface area contributed by atoms with Crippen molar-refractivity contribution in [2.75, 3.05) is 5.73 Å². The molecule has 1 heterocycles. The predicted molar refractivity (Wildman–Crippen MR) is 82.5 cm³/mol. The van der Waals surface area contributed by atoms with E-state index < -0.39 is 0 Å². The van der Waals surface area contributed by atoms with E-state index in [1.165, 1.54) is 12.1 Å². The number of nitrogen functional groups attached to an aromatic ring is 1. The fourth-order valence-corrected chi connectivity index (χ4v) is 2.27. The van der Waals surface area contributed by atoms with Crippen molar-refractivity contribution in [3.8, 4) is 0 Å². The standard InChI is InChI=1S/C15H14Cl2N2O/c1-2-9-3-4-11(19-8-9)7-14(20)10-5-12(16)15(18)13(17)6-10/h3-6,8H,2,7,18H2,1H3. The van der Waals surface area contributed by atoms with E-state index in [1.54, 1.807) is 6.20 Å². The number of hydrogen-bond acceptors (Lipinski definition) is 3. The molecular weight excluding hydrogens is 295 g/mol. The van der Waals surface area contributed by atoms with E-state index >= 15 is 0 Å². The molecule has 0 saturated carbocycles. The van der Waals surface area contributed by atoms with E-state index in [0.29, 0.717) is 5.56 Å². The molecule has 0 spiro atoms. The van der Waals surface area contributed by atoms with Gasteiger partial charge in [0.1, 0.15) is 0 Å². The Bertz CT molecular complexity index is 616. The van der Waals surface area contributed by atoms with Gasteiger partial charge in [-0.1, -0.05) is 36.2 Å². The second-order valence-electron chi connectivity index (χ2n) is 4.46. The highest BCUT2D eigenvalue weighted by Gasteiger charge is 2.12. The summed E-state index contributed by atoms with van der Waals surface area (Å²) in [6.45, 7) is 2.06. The van der Waals surface area contributed by atoms with Gasteiger partial charge in [-0.2, -0.15) is 0 Å². The van der Waals surface area contributed by atoms with E-state index in [1.807, 2.05) is 12.1 Å². The molecule has 1 aromatic carbocycles. The van der Waals surface area contributed by atoms with Gasteiger partial charge in [0.2, 0.25) is 0 Å². The smallest absolute Gasteiger partial charge is 0.168 e. The van der Waals surface area contributed by atoms with Crippen molar-refractivity contribution in [3.63, 3.8) is 0 Å². The largest absolute Gasteiger partial charge is 0.396 e. The molecule has 0 bridgehead atoms. The zero-order valence-corrected chi connectivity index (χ0v) is 12.5. The third-order valence-corrected chi connectivity index (χ3v) is 3.66. The van der Waals surface area contributed by atoms with Crippen LogP contribution in [0.25, 0.3) is 0 Å². The van der Waals surface area contributed by atoms with Crippen molar-refractivity contribution < 1.29 is 4.79 Å². The summed E-state index contributed by atoms with van der Waals surface area (Å²) in [5, 5.41) is 0.574. The van der Waals surface area contributed by atoms with Gasteiger partial charge in [0.05, 0.1) is 22.2 Å². The van der Waals surface area contributed by atoms with Crippen LogP contribution in [0, 0.1) is 0 Å². The van der Waals surface area contributed by atoms with Crippen LogP contribution >= 0.6 is 23.2 Å². The van der Waals surface area contributed by atoms with Gasteiger partial charge in [0.15, 0.2) is 5.78 Å². The Kier molecular flexibility index (Phi) is 4.63. The van der Waals surface area contributed by atoms with E-state index in [-0.39, 0.29) is 27.9 Å². The summed E-state index contributed by atoms with van der Waals surface area (Å²) >= 11 is 11.9. The van der Waals surface area contributed by atoms with Gasteiger partial charge in [-0.05, 0) is 30.2 Å². The van der Waals surface area contributed by atoms with Gasteiger partial charge >= 0.3 is 0 Å². The average molecular weight is 309 g/mol. The molecule has 0 saturated heterocycles. The fraction of sp³-hybridized carbons (Fsp3) is 0.200. The number of ketones is 1. The lowest BCUT2D eigenvalue weighted by atomic mass is 10.1. The number of benzene rings is 1.